The van der Waals surface area contributed by atoms with Gasteiger partial charge in [-0.1, -0.05) is 38.1 Å². The number of fused-ring (bicyclic) bond motifs is 3. The van der Waals surface area contributed by atoms with Gasteiger partial charge in [-0.15, -0.1) is 0 Å². The normalized spacial score (nSPS) is 23.3. The van der Waals surface area contributed by atoms with Crippen LogP contribution in [-0.2, 0) is 20.7 Å². The first-order chi connectivity index (χ1) is 12.0. The van der Waals surface area contributed by atoms with Crippen molar-refractivity contribution in [2.24, 2.45) is 5.92 Å². The molecule has 25 heavy (non-hydrogen) atoms. The van der Waals surface area contributed by atoms with Gasteiger partial charge in [0.15, 0.2) is 0 Å². The number of hydrogen-bond acceptors (Lipinski definition) is 3. The van der Waals surface area contributed by atoms with Crippen molar-refractivity contribution in [1.82, 2.24) is 10.2 Å². The van der Waals surface area contributed by atoms with E-state index in [9.17, 15) is 9.59 Å². The Hall–Kier alpha value is -1.88. The lowest BCUT2D eigenvalue weighted by Crippen LogP contribution is -2.44. The second kappa shape index (κ2) is 8.00. The molecule has 2 bridgehead atoms. The van der Waals surface area contributed by atoms with Gasteiger partial charge in [-0.2, -0.15) is 0 Å². The predicted octanol–water partition coefficient (Wildman–Crippen LogP) is 2.11. The Labute approximate surface area is 149 Å². The van der Waals surface area contributed by atoms with Crippen molar-refractivity contribution < 1.29 is 14.3 Å². The maximum atomic E-state index is 12.6. The number of hydrogen-bond donors (Lipinski definition) is 1. The summed E-state index contributed by atoms with van der Waals surface area (Å²) < 4.78 is 5.50. The van der Waals surface area contributed by atoms with E-state index in [0.717, 1.165) is 12.8 Å². The standard InChI is InChI=1S/C20H28N2O3/c1-14(2)16-8-6-15(7-9-16)4-3-5-19(23)22-10-17-12-25-13-18(11-22)21-20(17)24/h6-9,14,17-18H,3-5,10-13H2,1-2H3,(H,21,24)/t17-,18+/m1/s1. The molecule has 0 saturated carbocycles. The number of aryl methyl sites for hydroxylation is 1. The Morgan fingerprint density at radius 2 is 2.00 bits per heavy atom. The maximum absolute atomic E-state index is 12.6. The number of benzene rings is 1. The molecule has 5 nitrogen and oxygen atoms in total. The molecule has 0 aliphatic carbocycles. The second-order valence-corrected chi connectivity index (χ2v) is 7.49. The van der Waals surface area contributed by atoms with Crippen LogP contribution in [0.4, 0.5) is 0 Å². The third kappa shape index (κ3) is 4.60. The van der Waals surface area contributed by atoms with Gasteiger partial charge in [-0.3, -0.25) is 9.59 Å². The van der Waals surface area contributed by atoms with Gasteiger partial charge in [0.25, 0.3) is 0 Å². The van der Waals surface area contributed by atoms with Crippen LogP contribution in [0.3, 0.4) is 0 Å². The fourth-order valence-corrected chi connectivity index (χ4v) is 3.50. The van der Waals surface area contributed by atoms with Gasteiger partial charge in [0.1, 0.15) is 0 Å². The Bertz CT molecular complexity index is 612. The highest BCUT2D eigenvalue weighted by Gasteiger charge is 2.34. The first kappa shape index (κ1) is 17.9. The summed E-state index contributed by atoms with van der Waals surface area (Å²) in [6.07, 6.45) is 2.27. The number of rotatable bonds is 5. The summed E-state index contributed by atoms with van der Waals surface area (Å²) in [6, 6.07) is 8.60. The Kier molecular flexibility index (Phi) is 5.74. The van der Waals surface area contributed by atoms with Crippen molar-refractivity contribution >= 4 is 11.8 Å². The van der Waals surface area contributed by atoms with E-state index < -0.39 is 0 Å². The number of nitrogens with zero attached hydrogens (tertiary/aromatic N) is 1. The first-order valence-corrected chi connectivity index (χ1v) is 9.27. The SMILES string of the molecule is CC(C)c1ccc(CCCC(=O)N2C[C@H]3COC[C@@H](C2)C(=O)N3)cc1. The average Bonchev–Trinajstić information content (AvgIpc) is 2.83. The van der Waals surface area contributed by atoms with Crippen molar-refractivity contribution in [3.05, 3.63) is 35.4 Å². The average molecular weight is 344 g/mol. The number of ether oxygens (including phenoxy) is 1. The summed E-state index contributed by atoms with van der Waals surface area (Å²) in [6.45, 7) is 6.32. The fourth-order valence-electron chi connectivity index (χ4n) is 3.50. The second-order valence-electron chi connectivity index (χ2n) is 7.49. The summed E-state index contributed by atoms with van der Waals surface area (Å²) in [5.41, 5.74) is 2.62. The molecule has 0 radical (unpaired) electrons. The van der Waals surface area contributed by atoms with E-state index in [1.165, 1.54) is 11.1 Å². The molecule has 3 rings (SSSR count). The lowest BCUT2D eigenvalue weighted by atomic mass is 10.00. The fraction of sp³-hybridized carbons (Fsp3) is 0.600. The smallest absolute Gasteiger partial charge is 0.227 e. The van der Waals surface area contributed by atoms with Gasteiger partial charge in [-0.05, 0) is 29.9 Å². The van der Waals surface area contributed by atoms with Crippen LogP contribution in [0.25, 0.3) is 0 Å². The van der Waals surface area contributed by atoms with Gasteiger partial charge in [0.2, 0.25) is 11.8 Å². The third-order valence-corrected chi connectivity index (χ3v) is 5.09. The summed E-state index contributed by atoms with van der Waals surface area (Å²) in [4.78, 5) is 26.4. The van der Waals surface area contributed by atoms with Crippen molar-refractivity contribution in [1.29, 1.82) is 0 Å². The van der Waals surface area contributed by atoms with E-state index >= 15 is 0 Å². The third-order valence-electron chi connectivity index (χ3n) is 5.09. The van der Waals surface area contributed by atoms with Crippen LogP contribution in [0, 0.1) is 5.92 Å². The summed E-state index contributed by atoms with van der Waals surface area (Å²) in [7, 11) is 0. The van der Waals surface area contributed by atoms with E-state index in [0.29, 0.717) is 38.6 Å². The van der Waals surface area contributed by atoms with E-state index in [1.54, 1.807) is 0 Å². The molecule has 136 valence electrons. The van der Waals surface area contributed by atoms with Crippen LogP contribution in [0.15, 0.2) is 24.3 Å². The highest BCUT2D eigenvalue weighted by molar-refractivity contribution is 5.82. The minimum atomic E-state index is -0.236. The molecule has 2 aliphatic rings. The van der Waals surface area contributed by atoms with Crippen LogP contribution < -0.4 is 5.32 Å². The van der Waals surface area contributed by atoms with Gasteiger partial charge < -0.3 is 15.0 Å². The molecule has 0 spiro atoms. The van der Waals surface area contributed by atoms with Crippen LogP contribution in [0.2, 0.25) is 0 Å². The highest BCUT2D eigenvalue weighted by Crippen LogP contribution is 2.17. The van der Waals surface area contributed by atoms with Gasteiger partial charge in [0.05, 0.1) is 25.2 Å². The highest BCUT2D eigenvalue weighted by atomic mass is 16.5. The Morgan fingerprint density at radius 1 is 1.24 bits per heavy atom. The van der Waals surface area contributed by atoms with E-state index in [2.05, 4.69) is 43.4 Å². The molecule has 0 aromatic heterocycles. The zero-order valence-corrected chi connectivity index (χ0v) is 15.2. The molecule has 0 unspecified atom stereocenters. The zero-order valence-electron chi connectivity index (χ0n) is 15.2. The number of amides is 2. The molecule has 2 heterocycles. The van der Waals surface area contributed by atoms with Crippen molar-refractivity contribution in [3.8, 4) is 0 Å². The van der Waals surface area contributed by atoms with Crippen LogP contribution in [0.1, 0.15) is 43.7 Å². The van der Waals surface area contributed by atoms with Crippen LogP contribution in [-0.4, -0.2) is 49.1 Å². The van der Waals surface area contributed by atoms with Crippen molar-refractivity contribution in [2.45, 2.75) is 45.1 Å². The predicted molar refractivity (Wildman–Crippen MR) is 96.3 cm³/mol. The molecule has 1 N–H and O–H groups in total. The molecule has 1 aromatic carbocycles. The molecule has 2 aliphatic heterocycles. The zero-order chi connectivity index (χ0) is 17.8. The lowest BCUT2D eigenvalue weighted by Gasteiger charge is -2.27. The summed E-state index contributed by atoms with van der Waals surface area (Å²) in [5, 5.41) is 2.96. The summed E-state index contributed by atoms with van der Waals surface area (Å²) in [5.74, 6) is 0.466. The van der Waals surface area contributed by atoms with Crippen LogP contribution >= 0.6 is 0 Å². The molecule has 2 amide bonds. The number of carbonyl (C=O) groups excluding carboxylic acids is 2. The molecular formula is C20H28N2O3. The molecular weight excluding hydrogens is 316 g/mol. The Balaban J connectivity index is 1.50. The minimum Gasteiger partial charge on any atom is -0.378 e. The molecule has 5 heteroatoms. The van der Waals surface area contributed by atoms with Crippen molar-refractivity contribution in [3.63, 3.8) is 0 Å². The van der Waals surface area contributed by atoms with E-state index in [1.807, 2.05) is 4.90 Å². The van der Waals surface area contributed by atoms with Gasteiger partial charge >= 0.3 is 0 Å². The summed E-state index contributed by atoms with van der Waals surface area (Å²) >= 11 is 0. The van der Waals surface area contributed by atoms with Gasteiger partial charge in [0, 0.05) is 19.5 Å². The van der Waals surface area contributed by atoms with E-state index in [4.69, 9.17) is 4.74 Å². The lowest BCUT2D eigenvalue weighted by molar-refractivity contribution is -0.133. The van der Waals surface area contributed by atoms with Crippen LogP contribution in [0.5, 0.6) is 0 Å². The number of nitrogens with one attached hydrogen (secondary N) is 1. The minimum absolute atomic E-state index is 0.0167. The number of carbonyl (C=O) groups is 2. The molecule has 1 aromatic rings. The van der Waals surface area contributed by atoms with E-state index in [-0.39, 0.29) is 23.8 Å². The molecule has 2 atom stereocenters. The Morgan fingerprint density at radius 3 is 2.72 bits per heavy atom. The van der Waals surface area contributed by atoms with Crippen molar-refractivity contribution in [2.75, 3.05) is 26.3 Å². The quantitative estimate of drug-likeness (QED) is 0.890. The molecule has 2 saturated heterocycles. The molecule has 2 fully saturated rings. The largest absolute Gasteiger partial charge is 0.378 e. The topological polar surface area (TPSA) is 58.6 Å². The first-order valence-electron chi connectivity index (χ1n) is 9.27. The van der Waals surface area contributed by atoms with Gasteiger partial charge in [-0.25, -0.2) is 0 Å². The maximum Gasteiger partial charge on any atom is 0.227 e. The monoisotopic (exact) mass is 344 g/mol.